The van der Waals surface area contributed by atoms with Gasteiger partial charge in [0.05, 0.1) is 49.2 Å². The van der Waals surface area contributed by atoms with Crippen molar-refractivity contribution in [3.63, 3.8) is 0 Å². The van der Waals surface area contributed by atoms with Gasteiger partial charge in [0.2, 0.25) is 0 Å². The number of hydrogen-bond donors (Lipinski definition) is 1. The first-order valence-corrected chi connectivity index (χ1v) is 11.4. The number of amides is 2. The molecular formula is C25H33ClN2O5. The molecule has 2 atom stereocenters. The third-order valence-corrected chi connectivity index (χ3v) is 5.53. The Morgan fingerprint density at radius 1 is 1.18 bits per heavy atom. The molecule has 0 bridgehead atoms. The minimum absolute atomic E-state index is 0.286. The molecule has 0 heterocycles. The molecule has 2 aromatic carbocycles. The van der Waals surface area contributed by atoms with Crippen LogP contribution >= 0.6 is 11.6 Å². The predicted molar refractivity (Wildman–Crippen MR) is 131 cm³/mol. The van der Waals surface area contributed by atoms with Gasteiger partial charge in [-0.25, -0.2) is 9.79 Å². The summed E-state index contributed by atoms with van der Waals surface area (Å²) in [6, 6.07) is 10.6. The number of nitrogens with zero attached hydrogens (tertiary/aromatic N) is 2. The number of ether oxygens (including phenoxy) is 3. The Morgan fingerprint density at radius 3 is 2.42 bits per heavy atom. The maximum atomic E-state index is 12.6. The summed E-state index contributed by atoms with van der Waals surface area (Å²) in [7, 11) is 0. The molecule has 0 aliphatic carbocycles. The zero-order valence-electron chi connectivity index (χ0n) is 19.7. The van der Waals surface area contributed by atoms with Crippen LogP contribution in [-0.2, 0) is 11.3 Å². The number of hydrogen-bond acceptors (Lipinski definition) is 5. The van der Waals surface area contributed by atoms with Crippen molar-refractivity contribution in [2.75, 3.05) is 26.4 Å². The van der Waals surface area contributed by atoms with E-state index in [1.165, 1.54) is 4.90 Å². The van der Waals surface area contributed by atoms with Gasteiger partial charge in [-0.1, -0.05) is 41.9 Å². The summed E-state index contributed by atoms with van der Waals surface area (Å²) in [6.07, 6.45) is -0.853. The standard InChI is InChI=1S/C25H33ClN2O5/c1-6-32-21-15-20(23(26)24(33-7-2)22(21)18(4)29)17(3)28(25(30)27-5)13-14-31-16-19-11-9-8-10-12-19/h8-12,15,17-18,29H,5-7,13-14,16H2,1-4H3/t17-,18?/m1/s1. The van der Waals surface area contributed by atoms with E-state index in [2.05, 4.69) is 11.7 Å². The predicted octanol–water partition coefficient (Wildman–Crippen LogP) is 5.59. The Labute approximate surface area is 200 Å². The third kappa shape index (κ3) is 6.93. The Balaban J connectivity index is 2.33. The van der Waals surface area contributed by atoms with E-state index < -0.39 is 18.2 Å². The molecule has 0 fully saturated rings. The smallest absolute Gasteiger partial charge is 0.343 e. The Kier molecular flexibility index (Phi) is 10.6. The van der Waals surface area contributed by atoms with Crippen LogP contribution in [0.15, 0.2) is 41.4 Å². The van der Waals surface area contributed by atoms with Crippen LogP contribution in [0.25, 0.3) is 0 Å². The fraction of sp³-hybridized carbons (Fsp3) is 0.440. The minimum atomic E-state index is -0.853. The van der Waals surface area contributed by atoms with Gasteiger partial charge in [-0.05, 0) is 46.0 Å². The monoisotopic (exact) mass is 476 g/mol. The van der Waals surface area contributed by atoms with Crippen molar-refractivity contribution in [3.8, 4) is 11.5 Å². The maximum absolute atomic E-state index is 12.6. The molecule has 0 spiro atoms. The van der Waals surface area contributed by atoms with Gasteiger partial charge in [-0.15, -0.1) is 0 Å². The number of benzene rings is 2. The quantitative estimate of drug-likeness (QED) is 0.319. The molecule has 0 aliphatic heterocycles. The lowest BCUT2D eigenvalue weighted by atomic mass is 9.99. The fourth-order valence-corrected chi connectivity index (χ4v) is 3.91. The molecule has 0 aliphatic rings. The summed E-state index contributed by atoms with van der Waals surface area (Å²) < 4.78 is 17.3. The molecule has 7 nitrogen and oxygen atoms in total. The van der Waals surface area contributed by atoms with Crippen molar-refractivity contribution in [2.24, 2.45) is 4.99 Å². The molecule has 33 heavy (non-hydrogen) atoms. The average molecular weight is 477 g/mol. The van der Waals surface area contributed by atoms with Crippen LogP contribution in [0.1, 0.15) is 56.5 Å². The highest BCUT2D eigenvalue weighted by Crippen LogP contribution is 2.45. The van der Waals surface area contributed by atoms with Crippen LogP contribution in [0, 0.1) is 0 Å². The molecule has 0 radical (unpaired) electrons. The number of urea groups is 1. The van der Waals surface area contributed by atoms with Gasteiger partial charge in [0, 0.05) is 12.1 Å². The second-order valence-electron chi connectivity index (χ2n) is 7.41. The lowest BCUT2D eigenvalue weighted by Crippen LogP contribution is -2.34. The van der Waals surface area contributed by atoms with E-state index in [1.54, 1.807) is 13.0 Å². The van der Waals surface area contributed by atoms with Gasteiger partial charge in [0.1, 0.15) is 11.5 Å². The third-order valence-electron chi connectivity index (χ3n) is 5.14. The summed E-state index contributed by atoms with van der Waals surface area (Å²) >= 11 is 6.73. The second-order valence-corrected chi connectivity index (χ2v) is 7.79. The number of halogens is 1. The van der Waals surface area contributed by atoms with Gasteiger partial charge in [0.25, 0.3) is 0 Å². The molecule has 8 heteroatoms. The van der Waals surface area contributed by atoms with Crippen molar-refractivity contribution in [1.29, 1.82) is 0 Å². The van der Waals surface area contributed by atoms with Gasteiger partial charge in [0.15, 0.2) is 0 Å². The molecule has 0 aromatic heterocycles. The van der Waals surface area contributed by atoms with E-state index in [4.69, 9.17) is 25.8 Å². The first kappa shape index (κ1) is 26.6. The summed E-state index contributed by atoms with van der Waals surface area (Å²) in [5, 5.41) is 10.7. The summed E-state index contributed by atoms with van der Waals surface area (Å²) in [4.78, 5) is 17.7. The normalized spacial score (nSPS) is 12.7. The molecule has 0 saturated carbocycles. The molecule has 1 unspecified atom stereocenters. The zero-order valence-corrected chi connectivity index (χ0v) is 20.5. The zero-order chi connectivity index (χ0) is 24.4. The lowest BCUT2D eigenvalue weighted by Gasteiger charge is -2.30. The molecule has 2 aromatic rings. The Bertz CT molecular complexity index is 921. The van der Waals surface area contributed by atoms with E-state index in [9.17, 15) is 9.90 Å². The van der Waals surface area contributed by atoms with Crippen molar-refractivity contribution >= 4 is 24.3 Å². The molecule has 1 N–H and O–H groups in total. The molecule has 2 rings (SSSR count). The van der Waals surface area contributed by atoms with Crippen LogP contribution in [-0.4, -0.2) is 49.1 Å². The van der Waals surface area contributed by atoms with Crippen molar-refractivity contribution in [2.45, 2.75) is 46.4 Å². The minimum Gasteiger partial charge on any atom is -0.493 e. The van der Waals surface area contributed by atoms with Crippen molar-refractivity contribution in [1.82, 2.24) is 4.90 Å². The first-order chi connectivity index (χ1) is 15.8. The SMILES string of the molecule is C=NC(=O)N(CCOCc1ccccc1)[C@H](C)c1cc(OCC)c(C(C)O)c(OCC)c1Cl. The molecular weight excluding hydrogens is 444 g/mol. The van der Waals surface area contributed by atoms with Crippen LogP contribution in [0.5, 0.6) is 11.5 Å². The Hall–Kier alpha value is -2.61. The number of rotatable bonds is 12. The number of carbonyl (C=O) groups excluding carboxylic acids is 1. The number of aliphatic imine (C=N–C) groups is 1. The molecule has 2 amide bonds. The summed E-state index contributed by atoms with van der Waals surface area (Å²) in [6.45, 7) is 12.3. The van der Waals surface area contributed by atoms with Gasteiger partial charge >= 0.3 is 6.03 Å². The van der Waals surface area contributed by atoms with E-state index in [0.29, 0.717) is 54.1 Å². The number of carbonyl (C=O) groups is 1. The highest BCUT2D eigenvalue weighted by Gasteiger charge is 2.29. The number of aliphatic hydroxyl groups is 1. The maximum Gasteiger partial charge on any atom is 0.343 e. The fourth-order valence-electron chi connectivity index (χ4n) is 3.54. The highest BCUT2D eigenvalue weighted by atomic mass is 35.5. The Morgan fingerprint density at radius 2 is 1.85 bits per heavy atom. The molecule has 0 saturated heterocycles. The van der Waals surface area contributed by atoms with E-state index in [0.717, 1.165) is 5.56 Å². The van der Waals surface area contributed by atoms with Crippen molar-refractivity contribution in [3.05, 3.63) is 58.1 Å². The topological polar surface area (TPSA) is 80.6 Å². The van der Waals surface area contributed by atoms with Crippen LogP contribution in [0.2, 0.25) is 5.02 Å². The van der Waals surface area contributed by atoms with E-state index in [-0.39, 0.29) is 6.54 Å². The van der Waals surface area contributed by atoms with Gasteiger partial charge < -0.3 is 24.2 Å². The largest absolute Gasteiger partial charge is 0.493 e. The number of aliphatic hydroxyl groups excluding tert-OH is 1. The summed E-state index contributed by atoms with van der Waals surface area (Å²) in [5.74, 6) is 0.808. The summed E-state index contributed by atoms with van der Waals surface area (Å²) in [5.41, 5.74) is 2.14. The van der Waals surface area contributed by atoms with Crippen LogP contribution < -0.4 is 9.47 Å². The lowest BCUT2D eigenvalue weighted by molar-refractivity contribution is 0.0916. The second kappa shape index (κ2) is 13.2. The molecule has 180 valence electrons. The van der Waals surface area contributed by atoms with Crippen LogP contribution in [0.3, 0.4) is 0 Å². The first-order valence-electron chi connectivity index (χ1n) is 11.0. The van der Waals surface area contributed by atoms with Crippen molar-refractivity contribution < 1.29 is 24.1 Å². The van der Waals surface area contributed by atoms with Crippen LogP contribution in [0.4, 0.5) is 4.79 Å². The average Bonchev–Trinajstić information content (AvgIpc) is 2.81. The highest BCUT2D eigenvalue weighted by molar-refractivity contribution is 6.33. The van der Waals surface area contributed by atoms with E-state index in [1.807, 2.05) is 51.1 Å². The van der Waals surface area contributed by atoms with Gasteiger partial charge in [-0.2, -0.15) is 0 Å². The van der Waals surface area contributed by atoms with Gasteiger partial charge in [-0.3, -0.25) is 0 Å². The van der Waals surface area contributed by atoms with E-state index >= 15 is 0 Å².